The highest BCUT2D eigenvalue weighted by atomic mass is 35.5. The second kappa shape index (κ2) is 10.2. The smallest absolute Gasteiger partial charge is 0.336 e. The Kier molecular flexibility index (Phi) is 7.37. The van der Waals surface area contributed by atoms with E-state index in [9.17, 15) is 46.5 Å². The van der Waals surface area contributed by atoms with E-state index >= 15 is 0 Å². The molecule has 1 saturated carbocycles. The number of aromatic nitrogens is 1. The van der Waals surface area contributed by atoms with Gasteiger partial charge in [0, 0.05) is 23.9 Å². The third-order valence-electron chi connectivity index (χ3n) is 6.84. The zero-order valence-corrected chi connectivity index (χ0v) is 21.4. The van der Waals surface area contributed by atoms with Crippen LogP contribution in [0.5, 0.6) is 0 Å². The molecule has 1 fully saturated rings. The largest absolute Gasteiger partial charge is 0.416 e. The number of halogens is 7. The van der Waals surface area contributed by atoms with E-state index in [0.717, 1.165) is 12.1 Å². The second-order valence-corrected chi connectivity index (χ2v) is 9.90. The molecule has 0 radical (unpaired) electrons. The maximum absolute atomic E-state index is 14.0. The molecule has 2 aromatic carbocycles. The van der Waals surface area contributed by atoms with E-state index in [0.29, 0.717) is 25.0 Å². The fourth-order valence-corrected chi connectivity index (χ4v) is 4.85. The van der Waals surface area contributed by atoms with Crippen molar-refractivity contribution in [1.82, 2.24) is 9.88 Å². The predicted molar refractivity (Wildman–Crippen MR) is 131 cm³/mol. The second-order valence-electron chi connectivity index (χ2n) is 9.49. The summed E-state index contributed by atoms with van der Waals surface area (Å²) in [4.78, 5) is 26.2. The van der Waals surface area contributed by atoms with Crippen molar-refractivity contribution >= 4 is 34.2 Å². The third kappa shape index (κ3) is 5.36. The highest BCUT2D eigenvalue weighted by molar-refractivity contribution is 6.35. The quantitative estimate of drug-likeness (QED) is 0.238. The van der Waals surface area contributed by atoms with Gasteiger partial charge in [-0.3, -0.25) is 9.59 Å². The molecule has 208 valence electrons. The summed E-state index contributed by atoms with van der Waals surface area (Å²) in [6.45, 7) is 1.56. The van der Waals surface area contributed by atoms with Crippen LogP contribution in [-0.2, 0) is 12.7 Å². The minimum atomic E-state index is -5.18. The molecule has 1 amide bonds. The average molecular weight is 581 g/mol. The number of nitriles is 2. The van der Waals surface area contributed by atoms with Crippen LogP contribution in [0.4, 0.5) is 26.3 Å². The first-order valence-corrected chi connectivity index (χ1v) is 12.3. The first-order valence-electron chi connectivity index (χ1n) is 11.9. The Labute approximate surface area is 228 Å². The van der Waals surface area contributed by atoms with Gasteiger partial charge in [0.25, 0.3) is 5.91 Å². The van der Waals surface area contributed by atoms with Gasteiger partial charge in [0.05, 0.1) is 33.2 Å². The molecule has 1 unspecified atom stereocenters. The van der Waals surface area contributed by atoms with Crippen molar-refractivity contribution in [2.75, 3.05) is 0 Å². The van der Waals surface area contributed by atoms with Crippen molar-refractivity contribution in [3.63, 3.8) is 0 Å². The molecule has 40 heavy (non-hydrogen) atoms. The number of hydrogen-bond donors (Lipinski definition) is 1. The fraction of sp³-hybridized carbons (Fsp3) is 0.333. The van der Waals surface area contributed by atoms with E-state index < -0.39 is 52.3 Å². The lowest BCUT2D eigenvalue weighted by Crippen LogP contribution is -2.39. The van der Waals surface area contributed by atoms with Crippen molar-refractivity contribution in [2.24, 2.45) is 5.41 Å². The summed E-state index contributed by atoms with van der Waals surface area (Å²) in [6, 6.07) is 6.15. The van der Waals surface area contributed by atoms with Crippen LogP contribution in [0.25, 0.3) is 10.9 Å². The maximum atomic E-state index is 14.0. The number of carbonyl (C=O) groups excluding carboxylic acids is 2. The number of benzene rings is 2. The van der Waals surface area contributed by atoms with E-state index in [2.05, 4.69) is 6.07 Å². The van der Waals surface area contributed by atoms with Gasteiger partial charge in [-0.15, -0.1) is 0 Å². The first kappa shape index (κ1) is 29.0. The van der Waals surface area contributed by atoms with Gasteiger partial charge in [-0.1, -0.05) is 23.7 Å². The molecular formula is C27H19ClF6N4O2. The molecule has 1 aromatic heterocycles. The zero-order valence-electron chi connectivity index (χ0n) is 20.7. The Morgan fingerprint density at radius 1 is 1.12 bits per heavy atom. The molecule has 1 aliphatic rings. The number of aryl methyl sites for hydroxylation is 1. The van der Waals surface area contributed by atoms with Gasteiger partial charge in [0.15, 0.2) is 11.8 Å². The maximum Gasteiger partial charge on any atom is 0.416 e. The summed E-state index contributed by atoms with van der Waals surface area (Å²) in [5.41, 5.74) is -3.60. The molecule has 6 nitrogen and oxygen atoms in total. The number of nitrogens with one attached hydrogen (secondary N) is 1. The number of hydrogen-bond acceptors (Lipinski definition) is 4. The molecule has 0 saturated heterocycles. The molecule has 1 N–H and O–H groups in total. The minimum absolute atomic E-state index is 0.00232. The van der Waals surface area contributed by atoms with Crippen LogP contribution < -0.4 is 5.32 Å². The van der Waals surface area contributed by atoms with Crippen molar-refractivity contribution in [1.29, 1.82) is 10.5 Å². The summed E-state index contributed by atoms with van der Waals surface area (Å²) in [7, 11) is 0. The highest BCUT2D eigenvalue weighted by Crippen LogP contribution is 2.49. The number of carbonyl (C=O) groups is 2. The van der Waals surface area contributed by atoms with Crippen molar-refractivity contribution in [2.45, 2.75) is 51.1 Å². The highest BCUT2D eigenvalue weighted by Gasteiger charge is 2.46. The summed E-state index contributed by atoms with van der Waals surface area (Å²) in [5, 5.41) is 21.0. The van der Waals surface area contributed by atoms with Gasteiger partial charge >= 0.3 is 12.4 Å². The molecule has 1 heterocycles. The van der Waals surface area contributed by atoms with E-state index in [1.165, 1.54) is 16.7 Å². The summed E-state index contributed by atoms with van der Waals surface area (Å²) in [5.74, 6) is -1.83. The van der Waals surface area contributed by atoms with Gasteiger partial charge in [-0.2, -0.15) is 36.9 Å². The van der Waals surface area contributed by atoms with Crippen LogP contribution in [0.3, 0.4) is 0 Å². The molecule has 1 aliphatic carbocycles. The Hall–Kier alpha value is -4.03. The van der Waals surface area contributed by atoms with Gasteiger partial charge in [-0.05, 0) is 49.6 Å². The topological polar surface area (TPSA) is 98.7 Å². The van der Waals surface area contributed by atoms with Gasteiger partial charge in [-0.25, -0.2) is 0 Å². The van der Waals surface area contributed by atoms with Gasteiger partial charge in [0.2, 0.25) is 0 Å². The fourth-order valence-electron chi connectivity index (χ4n) is 4.59. The monoisotopic (exact) mass is 580 g/mol. The van der Waals surface area contributed by atoms with Gasteiger partial charge < -0.3 is 9.88 Å². The minimum Gasteiger partial charge on any atom is -0.336 e. The molecule has 4 rings (SSSR count). The summed E-state index contributed by atoms with van der Waals surface area (Å²) < 4.78 is 82.7. The standard InChI is InChI=1S/C27H19ClF6N4O2/c1-2-38-20-10-19(28)17(21(39)11-25(13-36)6-7-25)9-16(20)18(12-35)22(38)24(40)37-23(27(32,33)34)14-4-3-5-15(8-14)26(29,30)31/h3-5,8-10,23H,2,6-7,11H2,1H3,(H,37,40). The van der Waals surface area contributed by atoms with Crippen LogP contribution >= 0.6 is 11.6 Å². The van der Waals surface area contributed by atoms with E-state index in [-0.39, 0.29) is 40.0 Å². The Bertz CT molecular complexity index is 1610. The number of amides is 1. The molecule has 3 aromatic rings. The Balaban J connectivity index is 1.79. The molecular weight excluding hydrogens is 562 g/mol. The number of rotatable bonds is 7. The molecule has 1 atom stereocenters. The van der Waals surface area contributed by atoms with Crippen molar-refractivity contribution in [3.05, 3.63) is 69.4 Å². The SMILES string of the molecule is CCn1c(C(=O)NC(c2cccc(C(F)(F)F)c2)C(F)(F)F)c(C#N)c2cc(C(=O)CC3(C#N)CC3)c(Cl)cc21. The van der Waals surface area contributed by atoms with E-state index in [1.807, 2.05) is 0 Å². The van der Waals surface area contributed by atoms with Gasteiger partial charge in [0.1, 0.15) is 11.8 Å². The molecule has 0 aliphatic heterocycles. The molecule has 0 spiro atoms. The van der Waals surface area contributed by atoms with Crippen LogP contribution in [-0.4, -0.2) is 22.4 Å². The van der Waals surface area contributed by atoms with Crippen LogP contribution in [0.1, 0.15) is 69.8 Å². The number of nitrogens with zero attached hydrogens (tertiary/aromatic N) is 3. The lowest BCUT2D eigenvalue weighted by molar-refractivity contribution is -0.156. The molecule has 13 heteroatoms. The number of fused-ring (bicyclic) bond motifs is 1. The summed E-state index contributed by atoms with van der Waals surface area (Å²) >= 11 is 6.34. The first-order chi connectivity index (χ1) is 18.7. The third-order valence-corrected chi connectivity index (χ3v) is 7.15. The number of Topliss-reactive ketones (excluding diaryl/α,β-unsaturated/α-hetero) is 1. The Morgan fingerprint density at radius 3 is 2.33 bits per heavy atom. The molecule has 0 bridgehead atoms. The lowest BCUT2D eigenvalue weighted by Gasteiger charge is -2.23. The van der Waals surface area contributed by atoms with Crippen molar-refractivity contribution < 1.29 is 35.9 Å². The lowest BCUT2D eigenvalue weighted by atomic mass is 9.96. The van der Waals surface area contributed by atoms with E-state index in [1.54, 1.807) is 18.3 Å². The Morgan fingerprint density at radius 2 is 1.80 bits per heavy atom. The van der Waals surface area contributed by atoms with Crippen LogP contribution in [0, 0.1) is 28.1 Å². The normalized spacial score (nSPS) is 15.2. The van der Waals surface area contributed by atoms with Crippen molar-refractivity contribution in [3.8, 4) is 12.1 Å². The average Bonchev–Trinajstić information content (AvgIpc) is 3.58. The zero-order chi connectivity index (χ0) is 29.6. The van der Waals surface area contributed by atoms with Crippen LogP contribution in [0.15, 0.2) is 36.4 Å². The number of alkyl halides is 6. The predicted octanol–water partition coefficient (Wildman–Crippen LogP) is 7.12. The van der Waals surface area contributed by atoms with Crippen LogP contribution in [0.2, 0.25) is 5.02 Å². The number of ketones is 1. The summed E-state index contributed by atoms with van der Waals surface area (Å²) in [6.07, 6.45) is -9.12. The van der Waals surface area contributed by atoms with E-state index in [4.69, 9.17) is 11.6 Å².